The summed E-state index contributed by atoms with van der Waals surface area (Å²) in [5.74, 6) is 0.691. The maximum atomic E-state index is 9.03. The van der Waals surface area contributed by atoms with Crippen LogP contribution in [-0.2, 0) is 0 Å². The highest BCUT2D eigenvalue weighted by atomic mass is 35.5. The van der Waals surface area contributed by atoms with Crippen molar-refractivity contribution in [2.24, 2.45) is 4.99 Å². The van der Waals surface area contributed by atoms with Gasteiger partial charge in [-0.1, -0.05) is 41.9 Å². The molecule has 5 heteroatoms. The molecule has 0 amide bonds. The maximum absolute atomic E-state index is 9.03. The molecule has 1 atom stereocenters. The molecule has 0 spiro atoms. The van der Waals surface area contributed by atoms with Crippen molar-refractivity contribution in [2.45, 2.75) is 5.37 Å². The van der Waals surface area contributed by atoms with Crippen molar-refractivity contribution in [1.82, 2.24) is 0 Å². The lowest BCUT2D eigenvalue weighted by atomic mass is 10.0. The summed E-state index contributed by atoms with van der Waals surface area (Å²) >= 11 is 7.86. The van der Waals surface area contributed by atoms with Crippen molar-refractivity contribution in [3.63, 3.8) is 0 Å². The average Bonchev–Trinajstić information content (AvgIpc) is 2.73. The fraction of sp³-hybridized carbons (Fsp3) is 0.235. The summed E-state index contributed by atoms with van der Waals surface area (Å²) in [7, 11) is 0. The number of aliphatic imine (C=N–C) groups is 1. The van der Waals surface area contributed by atoms with E-state index >= 15 is 0 Å². The summed E-state index contributed by atoms with van der Waals surface area (Å²) in [6.07, 6.45) is 0. The molecule has 0 fully saturated rings. The van der Waals surface area contributed by atoms with E-state index in [1.54, 1.807) is 11.8 Å². The molecule has 0 radical (unpaired) electrons. The van der Waals surface area contributed by atoms with E-state index < -0.39 is 0 Å². The van der Waals surface area contributed by atoms with Crippen LogP contribution < -0.4 is 5.32 Å². The monoisotopic (exact) mass is 332 g/mol. The third kappa shape index (κ3) is 3.46. The Hall–Kier alpha value is -1.49. The van der Waals surface area contributed by atoms with Crippen molar-refractivity contribution in [3.8, 4) is 0 Å². The molecule has 0 saturated carbocycles. The van der Waals surface area contributed by atoms with Crippen LogP contribution in [0.2, 0.25) is 5.02 Å². The van der Waals surface area contributed by atoms with Crippen LogP contribution in [0.1, 0.15) is 11.1 Å². The Morgan fingerprint density at radius 3 is 2.82 bits per heavy atom. The van der Waals surface area contributed by atoms with E-state index in [4.69, 9.17) is 21.7 Å². The SMILES string of the molecule is OCCSC1CN=C(c2ccccc2)c2cc(Cl)ccc2N1. The second kappa shape index (κ2) is 7.18. The number of fused-ring (bicyclic) bond motifs is 1. The van der Waals surface area contributed by atoms with Crippen LogP contribution in [0.15, 0.2) is 53.5 Å². The molecule has 1 heterocycles. The molecule has 0 bridgehead atoms. The zero-order valence-electron chi connectivity index (χ0n) is 12.0. The predicted octanol–water partition coefficient (Wildman–Crippen LogP) is 3.65. The normalized spacial score (nSPS) is 17.2. The Balaban J connectivity index is 2.01. The van der Waals surface area contributed by atoms with E-state index in [-0.39, 0.29) is 12.0 Å². The van der Waals surface area contributed by atoms with E-state index in [1.165, 1.54) is 0 Å². The number of anilines is 1. The Morgan fingerprint density at radius 1 is 1.23 bits per heavy atom. The summed E-state index contributed by atoms with van der Waals surface area (Å²) in [5, 5.41) is 13.4. The van der Waals surface area contributed by atoms with E-state index in [2.05, 4.69) is 17.4 Å². The number of benzodiazepines with no additional fused rings is 1. The minimum atomic E-state index is 0.147. The average molecular weight is 333 g/mol. The minimum Gasteiger partial charge on any atom is -0.396 e. The summed E-state index contributed by atoms with van der Waals surface area (Å²) in [5.41, 5.74) is 4.09. The van der Waals surface area contributed by atoms with Gasteiger partial charge >= 0.3 is 0 Å². The van der Waals surface area contributed by atoms with Crippen molar-refractivity contribution in [2.75, 3.05) is 24.2 Å². The topological polar surface area (TPSA) is 44.6 Å². The summed E-state index contributed by atoms with van der Waals surface area (Å²) in [4.78, 5) is 4.80. The fourth-order valence-corrected chi connectivity index (χ4v) is 3.40. The largest absolute Gasteiger partial charge is 0.396 e. The number of halogens is 1. The van der Waals surface area contributed by atoms with Gasteiger partial charge in [0.1, 0.15) is 0 Å². The second-order valence-electron chi connectivity index (χ2n) is 4.97. The van der Waals surface area contributed by atoms with Crippen LogP contribution in [0.25, 0.3) is 0 Å². The molecule has 0 aliphatic carbocycles. The van der Waals surface area contributed by atoms with Gasteiger partial charge < -0.3 is 10.4 Å². The summed E-state index contributed by atoms with van der Waals surface area (Å²) in [6.45, 7) is 0.826. The van der Waals surface area contributed by atoms with Gasteiger partial charge in [0.2, 0.25) is 0 Å². The second-order valence-corrected chi connectivity index (χ2v) is 6.72. The number of thioether (sulfide) groups is 1. The van der Waals surface area contributed by atoms with Crippen LogP contribution in [0, 0.1) is 0 Å². The Morgan fingerprint density at radius 2 is 2.05 bits per heavy atom. The van der Waals surface area contributed by atoms with Crippen molar-refractivity contribution in [1.29, 1.82) is 0 Å². The molecule has 1 unspecified atom stereocenters. The first kappa shape index (κ1) is 15.4. The Kier molecular flexibility index (Phi) is 5.03. The molecule has 2 aromatic rings. The highest BCUT2D eigenvalue weighted by Gasteiger charge is 2.19. The number of aliphatic hydroxyl groups excluding tert-OH is 1. The lowest BCUT2D eigenvalue weighted by Crippen LogP contribution is -2.19. The third-order valence-corrected chi connectivity index (χ3v) is 4.75. The number of hydrogen-bond acceptors (Lipinski definition) is 4. The Bertz CT molecular complexity index is 676. The first-order valence-corrected chi connectivity index (χ1v) is 8.59. The van der Waals surface area contributed by atoms with E-state index in [9.17, 15) is 0 Å². The molecular formula is C17H17ClN2OS. The van der Waals surface area contributed by atoms with Crippen LogP contribution >= 0.6 is 23.4 Å². The highest BCUT2D eigenvalue weighted by Crippen LogP contribution is 2.29. The number of hydrogen-bond donors (Lipinski definition) is 2. The minimum absolute atomic E-state index is 0.147. The quantitative estimate of drug-likeness (QED) is 0.898. The van der Waals surface area contributed by atoms with E-state index in [0.29, 0.717) is 17.3 Å². The molecule has 1 aliphatic rings. The van der Waals surface area contributed by atoms with Gasteiger partial charge in [-0.15, -0.1) is 11.8 Å². The summed E-state index contributed by atoms with van der Waals surface area (Å²) in [6, 6.07) is 16.0. The third-order valence-electron chi connectivity index (χ3n) is 3.43. The zero-order valence-corrected chi connectivity index (χ0v) is 13.6. The first-order valence-electron chi connectivity index (χ1n) is 7.17. The van der Waals surface area contributed by atoms with Gasteiger partial charge in [0, 0.05) is 27.6 Å². The smallest absolute Gasteiger partial charge is 0.0920 e. The standard InChI is InChI=1S/C17H17ClN2OS/c18-13-6-7-15-14(10-13)17(12-4-2-1-3-5-12)19-11-16(20-15)22-9-8-21/h1-7,10,16,20-21H,8-9,11H2. The van der Waals surface area contributed by atoms with E-state index in [0.717, 1.165) is 22.5 Å². The molecule has 3 rings (SSSR count). The lowest BCUT2D eigenvalue weighted by molar-refractivity contribution is 0.322. The fourth-order valence-electron chi connectivity index (χ4n) is 2.45. The van der Waals surface area contributed by atoms with E-state index in [1.807, 2.05) is 36.4 Å². The van der Waals surface area contributed by atoms with Crippen LogP contribution in [0.3, 0.4) is 0 Å². The lowest BCUT2D eigenvalue weighted by Gasteiger charge is -2.16. The van der Waals surface area contributed by atoms with Gasteiger partial charge in [-0.05, 0) is 18.2 Å². The zero-order chi connectivity index (χ0) is 15.4. The highest BCUT2D eigenvalue weighted by molar-refractivity contribution is 8.00. The van der Waals surface area contributed by atoms with Gasteiger partial charge in [-0.25, -0.2) is 0 Å². The molecule has 0 aromatic heterocycles. The van der Waals surface area contributed by atoms with Crippen LogP contribution in [-0.4, -0.2) is 35.1 Å². The van der Waals surface area contributed by atoms with Gasteiger partial charge in [-0.2, -0.15) is 0 Å². The van der Waals surface area contributed by atoms with Gasteiger partial charge in [0.25, 0.3) is 0 Å². The van der Waals surface area contributed by atoms with Crippen molar-refractivity contribution in [3.05, 3.63) is 64.7 Å². The predicted molar refractivity (Wildman–Crippen MR) is 95.4 cm³/mol. The molecule has 22 heavy (non-hydrogen) atoms. The van der Waals surface area contributed by atoms with Crippen molar-refractivity contribution < 1.29 is 5.11 Å². The van der Waals surface area contributed by atoms with Crippen molar-refractivity contribution >= 4 is 34.8 Å². The number of aliphatic hydroxyl groups is 1. The molecular weight excluding hydrogens is 316 g/mol. The van der Waals surface area contributed by atoms with Gasteiger partial charge in [0.15, 0.2) is 0 Å². The number of nitrogens with one attached hydrogen (secondary N) is 1. The molecule has 1 aliphatic heterocycles. The maximum Gasteiger partial charge on any atom is 0.0920 e. The molecule has 3 nitrogen and oxygen atoms in total. The van der Waals surface area contributed by atoms with Crippen LogP contribution in [0.5, 0.6) is 0 Å². The van der Waals surface area contributed by atoms with Gasteiger partial charge in [0.05, 0.1) is 24.2 Å². The summed E-state index contributed by atoms with van der Waals surface area (Å²) < 4.78 is 0. The molecule has 2 N–H and O–H groups in total. The molecule has 0 saturated heterocycles. The van der Waals surface area contributed by atoms with Crippen LogP contribution in [0.4, 0.5) is 5.69 Å². The first-order chi connectivity index (χ1) is 10.8. The number of benzene rings is 2. The molecule has 114 valence electrons. The molecule has 2 aromatic carbocycles. The number of rotatable bonds is 4. The Labute approximate surface area is 139 Å². The number of nitrogens with zero attached hydrogens (tertiary/aromatic N) is 1. The van der Waals surface area contributed by atoms with Gasteiger partial charge in [-0.3, -0.25) is 4.99 Å².